The molecular weight excluding hydrogens is 224 g/mol. The molecule has 0 spiro atoms. The van der Waals surface area contributed by atoms with Gasteiger partial charge in [0.25, 0.3) is 0 Å². The summed E-state index contributed by atoms with van der Waals surface area (Å²) < 4.78 is 0. The van der Waals surface area contributed by atoms with E-state index in [0.29, 0.717) is 0 Å². The summed E-state index contributed by atoms with van der Waals surface area (Å²) in [5.74, 6) is -0.275. The minimum absolute atomic E-state index is 0. The van der Waals surface area contributed by atoms with E-state index in [1.807, 2.05) is 0 Å². The van der Waals surface area contributed by atoms with Gasteiger partial charge in [0.05, 0.1) is 12.5 Å². The highest BCUT2D eigenvalue weighted by atomic mass is 79.9. The van der Waals surface area contributed by atoms with Gasteiger partial charge in [0.2, 0.25) is 11.8 Å². The van der Waals surface area contributed by atoms with Crippen LogP contribution < -0.4 is 5.73 Å². The van der Waals surface area contributed by atoms with Crippen molar-refractivity contribution in [1.82, 2.24) is 4.90 Å². The molecule has 2 amide bonds. The standard InChI is InChI=1S/C7H10N2O2.BrH/c8-5-3-6(10)9(7(5)11)4-1-2-4;/h4-5H,1-3,8H2;1H/t5-;/m1./s1. The molecule has 0 aromatic heterocycles. The first-order valence-corrected chi connectivity index (χ1v) is 3.81. The molecule has 0 aromatic rings. The molecule has 0 radical (unpaired) electrons. The Bertz CT molecular complexity index is 227. The first-order valence-electron chi connectivity index (χ1n) is 3.81. The van der Waals surface area contributed by atoms with Gasteiger partial charge in [-0.15, -0.1) is 17.0 Å². The molecule has 1 aliphatic carbocycles. The Morgan fingerprint density at radius 3 is 2.25 bits per heavy atom. The van der Waals surface area contributed by atoms with Gasteiger partial charge in [-0.3, -0.25) is 14.5 Å². The van der Waals surface area contributed by atoms with Crippen LogP contribution in [0.4, 0.5) is 0 Å². The molecule has 1 saturated heterocycles. The molecule has 1 heterocycles. The molecule has 0 unspecified atom stereocenters. The quantitative estimate of drug-likeness (QED) is 0.641. The summed E-state index contributed by atoms with van der Waals surface area (Å²) in [6, 6.07) is -0.383. The van der Waals surface area contributed by atoms with E-state index >= 15 is 0 Å². The summed E-state index contributed by atoms with van der Waals surface area (Å²) in [7, 11) is 0. The number of carbonyl (C=O) groups is 2. The van der Waals surface area contributed by atoms with Crippen LogP contribution in [0.2, 0.25) is 0 Å². The highest BCUT2D eigenvalue weighted by Crippen LogP contribution is 2.30. The lowest BCUT2D eigenvalue weighted by molar-refractivity contribution is -0.139. The van der Waals surface area contributed by atoms with Gasteiger partial charge in [0.1, 0.15) is 0 Å². The zero-order valence-corrected chi connectivity index (χ0v) is 8.24. The molecule has 0 bridgehead atoms. The summed E-state index contributed by atoms with van der Waals surface area (Å²) in [6.07, 6.45) is 2.13. The molecular formula is C7H11BrN2O2. The van der Waals surface area contributed by atoms with Crippen molar-refractivity contribution in [3.8, 4) is 0 Å². The van der Waals surface area contributed by atoms with Crippen LogP contribution in [-0.4, -0.2) is 28.8 Å². The van der Waals surface area contributed by atoms with Crippen molar-refractivity contribution >= 4 is 28.8 Å². The summed E-state index contributed by atoms with van der Waals surface area (Å²) in [5, 5.41) is 0. The van der Waals surface area contributed by atoms with Crippen LogP contribution in [0, 0.1) is 0 Å². The number of imide groups is 1. The maximum absolute atomic E-state index is 11.2. The molecule has 1 saturated carbocycles. The Hall–Kier alpha value is -0.420. The summed E-state index contributed by atoms with van der Waals surface area (Å²) in [5.41, 5.74) is 5.41. The second kappa shape index (κ2) is 3.14. The summed E-state index contributed by atoms with van der Waals surface area (Å²) in [6.45, 7) is 0. The molecule has 2 N–H and O–H groups in total. The molecule has 4 nitrogen and oxygen atoms in total. The average molecular weight is 235 g/mol. The normalized spacial score (nSPS) is 29.1. The van der Waals surface area contributed by atoms with E-state index in [0.717, 1.165) is 12.8 Å². The fraction of sp³-hybridized carbons (Fsp3) is 0.714. The van der Waals surface area contributed by atoms with Gasteiger partial charge in [-0.25, -0.2) is 0 Å². The SMILES string of the molecule is Br.N[C@@H]1CC(=O)N(C2CC2)C1=O. The molecule has 12 heavy (non-hydrogen) atoms. The van der Waals surface area contributed by atoms with Gasteiger partial charge in [-0.2, -0.15) is 0 Å². The molecule has 0 aromatic carbocycles. The van der Waals surface area contributed by atoms with Crippen LogP contribution in [0.15, 0.2) is 0 Å². The van der Waals surface area contributed by atoms with Crippen molar-refractivity contribution in [1.29, 1.82) is 0 Å². The van der Waals surface area contributed by atoms with Gasteiger partial charge >= 0.3 is 0 Å². The second-order valence-electron chi connectivity index (χ2n) is 3.14. The third-order valence-corrected chi connectivity index (χ3v) is 2.13. The molecule has 2 fully saturated rings. The van der Waals surface area contributed by atoms with Crippen molar-refractivity contribution in [2.24, 2.45) is 5.73 Å². The lowest BCUT2D eigenvalue weighted by Gasteiger charge is -2.11. The maximum atomic E-state index is 11.2. The molecule has 2 rings (SSSR count). The van der Waals surface area contributed by atoms with Crippen LogP contribution in [-0.2, 0) is 9.59 Å². The average Bonchev–Trinajstić information content (AvgIpc) is 2.68. The van der Waals surface area contributed by atoms with Crippen LogP contribution in [0.25, 0.3) is 0 Å². The Kier molecular flexibility index (Phi) is 2.53. The summed E-state index contributed by atoms with van der Waals surface area (Å²) in [4.78, 5) is 23.6. The molecule has 1 aliphatic heterocycles. The number of nitrogens with two attached hydrogens (primary N) is 1. The number of amides is 2. The van der Waals surface area contributed by atoms with Crippen molar-refractivity contribution in [3.63, 3.8) is 0 Å². The van der Waals surface area contributed by atoms with E-state index in [9.17, 15) is 9.59 Å². The second-order valence-corrected chi connectivity index (χ2v) is 3.14. The molecule has 5 heteroatoms. The highest BCUT2D eigenvalue weighted by molar-refractivity contribution is 8.93. The fourth-order valence-corrected chi connectivity index (χ4v) is 1.39. The van der Waals surface area contributed by atoms with E-state index in [4.69, 9.17) is 5.73 Å². The lowest BCUT2D eigenvalue weighted by atomic mass is 10.3. The first kappa shape index (κ1) is 9.67. The Balaban J connectivity index is 0.000000720. The number of nitrogens with zero attached hydrogens (tertiary/aromatic N) is 1. The van der Waals surface area contributed by atoms with E-state index in [1.165, 1.54) is 4.90 Å². The first-order chi connectivity index (χ1) is 5.20. The number of carbonyl (C=O) groups excluding carboxylic acids is 2. The Morgan fingerprint density at radius 1 is 1.33 bits per heavy atom. The largest absolute Gasteiger partial charge is 0.319 e. The smallest absolute Gasteiger partial charge is 0.246 e. The van der Waals surface area contributed by atoms with Crippen molar-refractivity contribution in [2.75, 3.05) is 0 Å². The predicted molar refractivity (Wildman–Crippen MR) is 47.8 cm³/mol. The monoisotopic (exact) mass is 234 g/mol. The lowest BCUT2D eigenvalue weighted by Crippen LogP contribution is -2.36. The van der Waals surface area contributed by atoms with Crippen LogP contribution in [0.3, 0.4) is 0 Å². The topological polar surface area (TPSA) is 63.4 Å². The molecule has 2 aliphatic rings. The zero-order valence-electron chi connectivity index (χ0n) is 6.53. The van der Waals surface area contributed by atoms with Crippen molar-refractivity contribution < 1.29 is 9.59 Å². The highest BCUT2D eigenvalue weighted by Gasteiger charge is 2.44. The van der Waals surface area contributed by atoms with Gasteiger partial charge < -0.3 is 5.73 Å². The number of likely N-dealkylation sites (tertiary alicyclic amines) is 1. The van der Waals surface area contributed by atoms with Crippen LogP contribution in [0.5, 0.6) is 0 Å². The Labute approximate surface area is 80.9 Å². The van der Waals surface area contributed by atoms with Crippen molar-refractivity contribution in [2.45, 2.75) is 31.3 Å². The fourth-order valence-electron chi connectivity index (χ4n) is 1.39. The van der Waals surface area contributed by atoms with Crippen LogP contribution >= 0.6 is 17.0 Å². The molecule has 68 valence electrons. The van der Waals surface area contributed by atoms with Crippen LogP contribution in [0.1, 0.15) is 19.3 Å². The van der Waals surface area contributed by atoms with E-state index in [1.54, 1.807) is 0 Å². The zero-order chi connectivity index (χ0) is 8.01. The number of rotatable bonds is 1. The van der Waals surface area contributed by atoms with Gasteiger partial charge in [-0.05, 0) is 12.8 Å². The van der Waals surface area contributed by atoms with Crippen molar-refractivity contribution in [3.05, 3.63) is 0 Å². The van der Waals surface area contributed by atoms with Gasteiger partial charge in [-0.1, -0.05) is 0 Å². The third-order valence-electron chi connectivity index (χ3n) is 2.13. The maximum Gasteiger partial charge on any atom is 0.246 e. The van der Waals surface area contributed by atoms with E-state index in [2.05, 4.69) is 0 Å². The van der Waals surface area contributed by atoms with Gasteiger partial charge in [0, 0.05) is 6.04 Å². The Morgan fingerprint density at radius 2 is 1.92 bits per heavy atom. The van der Waals surface area contributed by atoms with Gasteiger partial charge in [0.15, 0.2) is 0 Å². The number of hydrogen-bond acceptors (Lipinski definition) is 3. The minimum atomic E-state index is -0.567. The third kappa shape index (κ3) is 1.38. The minimum Gasteiger partial charge on any atom is -0.319 e. The predicted octanol–water partition coefficient (Wildman–Crippen LogP) is -0.187. The van der Waals surface area contributed by atoms with E-state index < -0.39 is 6.04 Å². The number of hydrogen-bond donors (Lipinski definition) is 1. The molecule has 1 atom stereocenters. The summed E-state index contributed by atoms with van der Waals surface area (Å²) >= 11 is 0. The van der Waals surface area contributed by atoms with E-state index in [-0.39, 0.29) is 41.3 Å². The number of halogens is 1.